The van der Waals surface area contributed by atoms with Crippen LogP contribution in [0.25, 0.3) is 11.2 Å². The number of rotatable bonds is 17. The lowest BCUT2D eigenvalue weighted by molar-refractivity contribution is -0.151. The highest BCUT2D eigenvalue weighted by atomic mass is 16.6. The molecule has 52 heavy (non-hydrogen) atoms. The van der Waals surface area contributed by atoms with Gasteiger partial charge in [0.2, 0.25) is 5.95 Å². The highest BCUT2D eigenvalue weighted by molar-refractivity contribution is 5.84. The third-order valence-electron chi connectivity index (χ3n) is 8.79. The van der Waals surface area contributed by atoms with E-state index in [1.165, 1.54) is 6.33 Å². The molecule has 5 heterocycles. The molecule has 0 saturated carbocycles. The minimum Gasteiger partial charge on any atom is -0.457 e. The van der Waals surface area contributed by atoms with Crippen molar-refractivity contribution in [3.63, 3.8) is 0 Å². The van der Waals surface area contributed by atoms with Crippen molar-refractivity contribution in [3.05, 3.63) is 120 Å². The van der Waals surface area contributed by atoms with Crippen LogP contribution < -0.4 is 16.0 Å². The van der Waals surface area contributed by atoms with Crippen molar-refractivity contribution in [2.45, 2.75) is 43.8 Å². The van der Waals surface area contributed by atoms with Crippen LogP contribution in [0.15, 0.2) is 102 Å². The SMILES string of the molecule is CCc1cc([C@H]2O[C@@H](n3cnc4c(NCC(c5ccccc5)c5ccccc5)nc(NCCNc5ccccn5)nc43)[C@H](OC=O)[C@H]2OC=O)on1. The van der Waals surface area contributed by atoms with Gasteiger partial charge in [0.15, 0.2) is 47.3 Å². The van der Waals surface area contributed by atoms with E-state index in [0.717, 1.165) is 16.9 Å². The lowest BCUT2D eigenvalue weighted by atomic mass is 9.91. The number of nitrogens with one attached hydrogen (secondary N) is 3. The summed E-state index contributed by atoms with van der Waals surface area (Å²) in [5.74, 6) is 1.86. The van der Waals surface area contributed by atoms with Crippen molar-refractivity contribution in [2.24, 2.45) is 0 Å². The average molecular weight is 704 g/mol. The third kappa shape index (κ3) is 7.39. The van der Waals surface area contributed by atoms with Crippen LogP contribution >= 0.6 is 0 Å². The fourth-order valence-corrected chi connectivity index (χ4v) is 6.28. The zero-order valence-electron chi connectivity index (χ0n) is 28.2. The van der Waals surface area contributed by atoms with E-state index in [1.807, 2.05) is 61.5 Å². The summed E-state index contributed by atoms with van der Waals surface area (Å²) in [6.07, 6.45) is -0.194. The number of nitrogens with zero attached hydrogens (tertiary/aromatic N) is 6. The Balaban J connectivity index is 1.23. The molecule has 15 nitrogen and oxygen atoms in total. The number of aromatic nitrogens is 6. The van der Waals surface area contributed by atoms with Crippen molar-refractivity contribution in [1.29, 1.82) is 0 Å². The standard InChI is InChI=1S/C37H37N9O6/c1-2-26-19-28(52-45-26)31-32(49-22-47)33(50-23-48)36(51-31)46-21-42-30-34(41-20-27(24-11-5-3-6-12-24)25-13-7-4-8-14-25)43-37(44-35(30)46)40-18-17-39-29-15-9-10-16-38-29/h3-16,19,21-23,27,31-33,36H,2,17-18,20H2,1H3,(H,38,39)(H2,40,41,43,44)/t31-,32+,33-,36-/m1/s1. The first-order valence-corrected chi connectivity index (χ1v) is 16.9. The minimum absolute atomic E-state index is 0.00561. The maximum atomic E-state index is 11.8. The molecular weight excluding hydrogens is 666 g/mol. The van der Waals surface area contributed by atoms with Gasteiger partial charge in [0.25, 0.3) is 12.9 Å². The van der Waals surface area contributed by atoms with E-state index in [2.05, 4.69) is 50.4 Å². The number of hydrogen-bond donors (Lipinski definition) is 3. The van der Waals surface area contributed by atoms with E-state index in [9.17, 15) is 9.59 Å². The molecular formula is C37H37N9O6. The Hall–Kier alpha value is -6.35. The topological polar surface area (TPSA) is 180 Å². The van der Waals surface area contributed by atoms with Gasteiger partial charge in [0.05, 0.1) is 12.0 Å². The summed E-state index contributed by atoms with van der Waals surface area (Å²) in [6, 6.07) is 27.8. The van der Waals surface area contributed by atoms with Crippen LogP contribution in [-0.2, 0) is 30.2 Å². The van der Waals surface area contributed by atoms with Crippen molar-refractivity contribution in [3.8, 4) is 0 Å². The van der Waals surface area contributed by atoms with E-state index < -0.39 is 24.5 Å². The summed E-state index contributed by atoms with van der Waals surface area (Å²) < 4.78 is 24.6. The fourth-order valence-electron chi connectivity index (χ4n) is 6.28. The lowest BCUT2D eigenvalue weighted by Crippen LogP contribution is -2.34. The van der Waals surface area contributed by atoms with Gasteiger partial charge in [-0.05, 0) is 29.7 Å². The zero-order valence-corrected chi connectivity index (χ0v) is 28.2. The van der Waals surface area contributed by atoms with E-state index in [0.29, 0.717) is 66.9 Å². The molecule has 0 spiro atoms. The summed E-state index contributed by atoms with van der Waals surface area (Å²) in [7, 11) is 0. The molecule has 266 valence electrons. The predicted molar refractivity (Wildman–Crippen MR) is 190 cm³/mol. The molecule has 0 unspecified atom stereocenters. The molecule has 4 aromatic heterocycles. The summed E-state index contributed by atoms with van der Waals surface area (Å²) >= 11 is 0. The maximum absolute atomic E-state index is 11.8. The number of pyridine rings is 1. The molecule has 0 radical (unpaired) electrons. The Morgan fingerprint density at radius 1 is 0.846 bits per heavy atom. The summed E-state index contributed by atoms with van der Waals surface area (Å²) in [4.78, 5) is 42.1. The molecule has 6 aromatic rings. The molecule has 2 aromatic carbocycles. The summed E-state index contributed by atoms with van der Waals surface area (Å²) in [5, 5.41) is 14.2. The Kier molecular flexibility index (Phi) is 10.6. The van der Waals surface area contributed by atoms with Gasteiger partial charge in [-0.15, -0.1) is 0 Å². The molecule has 1 fully saturated rings. The largest absolute Gasteiger partial charge is 0.457 e. The van der Waals surface area contributed by atoms with Gasteiger partial charge in [0.1, 0.15) is 5.82 Å². The maximum Gasteiger partial charge on any atom is 0.293 e. The first kappa shape index (κ1) is 34.1. The predicted octanol–water partition coefficient (Wildman–Crippen LogP) is 4.89. The number of fused-ring (bicyclic) bond motifs is 1. The van der Waals surface area contributed by atoms with Gasteiger partial charge in [-0.1, -0.05) is 78.8 Å². The Bertz CT molecular complexity index is 2020. The Labute approximate surface area is 298 Å². The Morgan fingerprint density at radius 2 is 1.56 bits per heavy atom. The van der Waals surface area contributed by atoms with Crippen LogP contribution in [0.2, 0.25) is 0 Å². The number of carbonyl (C=O) groups is 2. The third-order valence-corrected chi connectivity index (χ3v) is 8.79. The van der Waals surface area contributed by atoms with Crippen molar-refractivity contribution < 1.29 is 28.3 Å². The molecule has 7 rings (SSSR count). The lowest BCUT2D eigenvalue weighted by Gasteiger charge is -2.21. The quantitative estimate of drug-likeness (QED) is 0.0863. The molecule has 4 atom stereocenters. The summed E-state index contributed by atoms with van der Waals surface area (Å²) in [6.45, 7) is 4.00. The molecule has 3 N–H and O–H groups in total. The minimum atomic E-state index is -1.08. The number of anilines is 3. The second-order valence-corrected chi connectivity index (χ2v) is 12.0. The van der Waals surface area contributed by atoms with Crippen LogP contribution in [0.1, 0.15) is 47.8 Å². The molecule has 1 aliphatic rings. The van der Waals surface area contributed by atoms with Crippen LogP contribution in [0.3, 0.4) is 0 Å². The zero-order chi connectivity index (χ0) is 35.7. The van der Waals surface area contributed by atoms with Gasteiger partial charge >= 0.3 is 0 Å². The highest BCUT2D eigenvalue weighted by Gasteiger charge is 2.51. The first-order valence-electron chi connectivity index (χ1n) is 16.9. The fraction of sp³-hybridized carbons (Fsp3) is 0.270. The van der Waals surface area contributed by atoms with E-state index in [-0.39, 0.29) is 12.4 Å². The number of benzene rings is 2. The van der Waals surface area contributed by atoms with Crippen molar-refractivity contribution in [2.75, 3.05) is 35.6 Å². The number of carbonyl (C=O) groups excluding carboxylic acids is 2. The molecule has 1 aliphatic heterocycles. The van der Waals surface area contributed by atoms with E-state index in [4.69, 9.17) is 33.7 Å². The number of hydrogen-bond acceptors (Lipinski definition) is 14. The molecule has 0 bridgehead atoms. The summed E-state index contributed by atoms with van der Waals surface area (Å²) in [5.41, 5.74) is 3.80. The number of aryl methyl sites for hydroxylation is 1. The van der Waals surface area contributed by atoms with Gasteiger partial charge in [-0.3, -0.25) is 14.2 Å². The normalized spacial score (nSPS) is 18.3. The van der Waals surface area contributed by atoms with Crippen LogP contribution in [0.5, 0.6) is 0 Å². The van der Waals surface area contributed by atoms with Gasteiger partial charge in [0, 0.05) is 37.8 Å². The van der Waals surface area contributed by atoms with Gasteiger partial charge in [-0.2, -0.15) is 9.97 Å². The monoisotopic (exact) mass is 703 g/mol. The van der Waals surface area contributed by atoms with Gasteiger partial charge < -0.3 is 34.7 Å². The Morgan fingerprint density at radius 3 is 2.23 bits per heavy atom. The van der Waals surface area contributed by atoms with Crippen LogP contribution in [-0.4, -0.2) is 74.4 Å². The average Bonchev–Trinajstić information content (AvgIpc) is 3.93. The van der Waals surface area contributed by atoms with Crippen molar-refractivity contribution in [1.82, 2.24) is 29.7 Å². The molecule has 0 aliphatic carbocycles. The highest BCUT2D eigenvalue weighted by Crippen LogP contribution is 2.43. The number of imidazole rings is 1. The second kappa shape index (κ2) is 16.1. The molecule has 0 amide bonds. The first-order chi connectivity index (χ1) is 25.7. The van der Waals surface area contributed by atoms with Gasteiger partial charge in [-0.25, -0.2) is 9.97 Å². The second-order valence-electron chi connectivity index (χ2n) is 12.0. The van der Waals surface area contributed by atoms with E-state index in [1.54, 1.807) is 16.8 Å². The van der Waals surface area contributed by atoms with Crippen LogP contribution in [0, 0.1) is 0 Å². The van der Waals surface area contributed by atoms with Crippen LogP contribution in [0.4, 0.5) is 17.6 Å². The van der Waals surface area contributed by atoms with Crippen molar-refractivity contribution >= 4 is 41.7 Å². The smallest absolute Gasteiger partial charge is 0.293 e. The number of ether oxygens (including phenoxy) is 3. The molecule has 15 heteroatoms. The van der Waals surface area contributed by atoms with E-state index >= 15 is 0 Å². The molecule has 1 saturated heterocycles.